The molecular formula is C13H19NOS. The molecule has 88 valence electrons. The molecule has 2 N–H and O–H groups in total. The van der Waals surface area contributed by atoms with E-state index < -0.39 is 0 Å². The van der Waals surface area contributed by atoms with Gasteiger partial charge in [-0.1, -0.05) is 38.2 Å². The molecule has 0 spiro atoms. The van der Waals surface area contributed by atoms with Gasteiger partial charge in [0, 0.05) is 12.2 Å². The average Bonchev–Trinajstić information content (AvgIpc) is 2.19. The van der Waals surface area contributed by atoms with Crippen LogP contribution in [-0.4, -0.2) is 11.6 Å². The second-order valence-corrected chi connectivity index (χ2v) is 4.85. The van der Waals surface area contributed by atoms with Crippen molar-refractivity contribution in [2.75, 3.05) is 6.61 Å². The maximum atomic E-state index is 5.60. The first-order chi connectivity index (χ1) is 7.50. The minimum Gasteiger partial charge on any atom is -0.389 e. The lowest BCUT2D eigenvalue weighted by molar-refractivity contribution is 0.0967. The molecule has 0 aromatic heterocycles. The highest BCUT2D eigenvalue weighted by Gasteiger charge is 2.02. The fraction of sp³-hybridized carbons (Fsp3) is 0.462. The highest BCUT2D eigenvalue weighted by atomic mass is 32.1. The second-order valence-electron chi connectivity index (χ2n) is 4.41. The Morgan fingerprint density at radius 3 is 2.62 bits per heavy atom. The van der Waals surface area contributed by atoms with Crippen LogP contribution in [0.15, 0.2) is 18.2 Å². The summed E-state index contributed by atoms with van der Waals surface area (Å²) in [7, 11) is 0. The Kier molecular flexibility index (Phi) is 4.90. The normalized spacial score (nSPS) is 10.8. The summed E-state index contributed by atoms with van der Waals surface area (Å²) in [6.45, 7) is 7.78. The zero-order chi connectivity index (χ0) is 12.1. The van der Waals surface area contributed by atoms with Gasteiger partial charge in [-0.2, -0.15) is 0 Å². The SMILES string of the molecule is Cc1cc(C(N)=S)ccc1COCC(C)C. The van der Waals surface area contributed by atoms with Crippen LogP contribution in [0.2, 0.25) is 0 Å². The van der Waals surface area contributed by atoms with Gasteiger partial charge in [-0.3, -0.25) is 0 Å². The van der Waals surface area contributed by atoms with Gasteiger partial charge in [0.1, 0.15) is 4.99 Å². The molecule has 0 saturated heterocycles. The molecule has 0 aliphatic carbocycles. The zero-order valence-corrected chi connectivity index (χ0v) is 10.9. The predicted molar refractivity (Wildman–Crippen MR) is 71.6 cm³/mol. The van der Waals surface area contributed by atoms with Crippen LogP contribution in [0.25, 0.3) is 0 Å². The first-order valence-corrected chi connectivity index (χ1v) is 5.88. The molecule has 1 rings (SSSR count). The molecule has 1 aromatic rings. The number of rotatable bonds is 5. The Hall–Kier alpha value is -0.930. The van der Waals surface area contributed by atoms with E-state index in [0.717, 1.165) is 12.2 Å². The van der Waals surface area contributed by atoms with Crippen LogP contribution in [0.5, 0.6) is 0 Å². The molecular weight excluding hydrogens is 218 g/mol. The Labute approximate surface area is 103 Å². The van der Waals surface area contributed by atoms with Crippen LogP contribution in [0, 0.1) is 12.8 Å². The maximum absolute atomic E-state index is 5.60. The molecule has 3 heteroatoms. The molecule has 0 bridgehead atoms. The van der Waals surface area contributed by atoms with E-state index in [1.54, 1.807) is 0 Å². The number of aryl methyl sites for hydroxylation is 1. The van der Waals surface area contributed by atoms with Gasteiger partial charge in [0.25, 0.3) is 0 Å². The van der Waals surface area contributed by atoms with Crippen molar-refractivity contribution < 1.29 is 4.74 Å². The highest BCUT2D eigenvalue weighted by molar-refractivity contribution is 7.80. The Bertz CT molecular complexity index is 374. The average molecular weight is 237 g/mol. The van der Waals surface area contributed by atoms with E-state index in [-0.39, 0.29) is 0 Å². The van der Waals surface area contributed by atoms with Crippen molar-refractivity contribution in [3.8, 4) is 0 Å². The predicted octanol–water partition coefficient (Wildman–Crippen LogP) is 2.80. The number of nitrogens with two attached hydrogens (primary N) is 1. The van der Waals surface area contributed by atoms with E-state index in [2.05, 4.69) is 20.8 Å². The van der Waals surface area contributed by atoms with E-state index in [1.807, 2.05) is 18.2 Å². The van der Waals surface area contributed by atoms with Crippen molar-refractivity contribution >= 4 is 17.2 Å². The van der Waals surface area contributed by atoms with Gasteiger partial charge in [-0.05, 0) is 30.0 Å². The summed E-state index contributed by atoms with van der Waals surface area (Å²) in [6, 6.07) is 5.99. The third-order valence-electron chi connectivity index (χ3n) is 2.34. The van der Waals surface area contributed by atoms with Crippen LogP contribution < -0.4 is 5.73 Å². The van der Waals surface area contributed by atoms with Gasteiger partial charge in [-0.25, -0.2) is 0 Å². The molecule has 0 aliphatic rings. The number of benzene rings is 1. The molecule has 0 fully saturated rings. The van der Waals surface area contributed by atoms with Gasteiger partial charge in [0.15, 0.2) is 0 Å². The Morgan fingerprint density at radius 2 is 2.12 bits per heavy atom. The summed E-state index contributed by atoms with van der Waals surface area (Å²) < 4.78 is 5.60. The fourth-order valence-corrected chi connectivity index (χ4v) is 1.54. The number of hydrogen-bond donors (Lipinski definition) is 1. The zero-order valence-electron chi connectivity index (χ0n) is 10.1. The minimum absolute atomic E-state index is 0.442. The van der Waals surface area contributed by atoms with E-state index in [1.165, 1.54) is 11.1 Å². The van der Waals surface area contributed by atoms with Crippen LogP contribution in [0.1, 0.15) is 30.5 Å². The third-order valence-corrected chi connectivity index (χ3v) is 2.57. The van der Waals surface area contributed by atoms with Gasteiger partial charge in [0.2, 0.25) is 0 Å². The lowest BCUT2D eigenvalue weighted by atomic mass is 10.1. The molecule has 2 nitrogen and oxygen atoms in total. The quantitative estimate of drug-likeness (QED) is 0.800. The van der Waals surface area contributed by atoms with Crippen molar-refractivity contribution in [1.29, 1.82) is 0 Å². The van der Waals surface area contributed by atoms with Gasteiger partial charge in [0.05, 0.1) is 6.61 Å². The van der Waals surface area contributed by atoms with Gasteiger partial charge in [-0.15, -0.1) is 0 Å². The second kappa shape index (κ2) is 5.97. The summed E-state index contributed by atoms with van der Waals surface area (Å²) in [6.07, 6.45) is 0. The molecule has 0 atom stereocenters. The topological polar surface area (TPSA) is 35.2 Å². The number of ether oxygens (including phenoxy) is 1. The van der Waals surface area contributed by atoms with Crippen molar-refractivity contribution in [3.63, 3.8) is 0 Å². The third kappa shape index (κ3) is 3.91. The Balaban J connectivity index is 2.64. The van der Waals surface area contributed by atoms with E-state index in [0.29, 0.717) is 17.5 Å². The monoisotopic (exact) mass is 237 g/mol. The lowest BCUT2D eigenvalue weighted by Gasteiger charge is -2.10. The van der Waals surface area contributed by atoms with Gasteiger partial charge < -0.3 is 10.5 Å². The fourth-order valence-electron chi connectivity index (χ4n) is 1.42. The van der Waals surface area contributed by atoms with Crippen LogP contribution in [-0.2, 0) is 11.3 Å². The summed E-state index contributed by atoms with van der Waals surface area (Å²) in [5.41, 5.74) is 8.86. The van der Waals surface area contributed by atoms with Crippen LogP contribution in [0.3, 0.4) is 0 Å². The number of thiocarbonyl (C=S) groups is 1. The van der Waals surface area contributed by atoms with Crippen molar-refractivity contribution in [1.82, 2.24) is 0 Å². The first-order valence-electron chi connectivity index (χ1n) is 5.47. The lowest BCUT2D eigenvalue weighted by Crippen LogP contribution is -2.10. The highest BCUT2D eigenvalue weighted by Crippen LogP contribution is 2.12. The molecule has 0 radical (unpaired) electrons. The molecule has 16 heavy (non-hydrogen) atoms. The van der Waals surface area contributed by atoms with Gasteiger partial charge >= 0.3 is 0 Å². The van der Waals surface area contributed by atoms with Crippen LogP contribution in [0.4, 0.5) is 0 Å². The largest absolute Gasteiger partial charge is 0.389 e. The van der Waals surface area contributed by atoms with Crippen molar-refractivity contribution in [2.45, 2.75) is 27.4 Å². The minimum atomic E-state index is 0.442. The number of hydrogen-bond acceptors (Lipinski definition) is 2. The summed E-state index contributed by atoms with van der Waals surface area (Å²) >= 11 is 4.93. The maximum Gasteiger partial charge on any atom is 0.103 e. The first kappa shape index (κ1) is 13.1. The smallest absolute Gasteiger partial charge is 0.103 e. The standard InChI is InChI=1S/C13H19NOS/c1-9(2)7-15-8-12-5-4-11(13(14)16)6-10(12)3/h4-6,9H,7-8H2,1-3H3,(H2,14,16). The van der Waals surface area contributed by atoms with Crippen molar-refractivity contribution in [3.05, 3.63) is 34.9 Å². The molecule has 1 aromatic carbocycles. The molecule has 0 aliphatic heterocycles. The van der Waals surface area contributed by atoms with Crippen LogP contribution >= 0.6 is 12.2 Å². The molecule has 0 amide bonds. The molecule has 0 heterocycles. The summed E-state index contributed by atoms with van der Waals surface area (Å²) in [5, 5.41) is 0. The van der Waals surface area contributed by atoms with E-state index in [9.17, 15) is 0 Å². The molecule has 0 saturated carbocycles. The van der Waals surface area contributed by atoms with E-state index in [4.69, 9.17) is 22.7 Å². The van der Waals surface area contributed by atoms with E-state index >= 15 is 0 Å². The van der Waals surface area contributed by atoms with Crippen molar-refractivity contribution in [2.24, 2.45) is 11.7 Å². The molecule has 0 unspecified atom stereocenters. The summed E-state index contributed by atoms with van der Waals surface area (Å²) in [4.78, 5) is 0.442. The summed E-state index contributed by atoms with van der Waals surface area (Å²) in [5.74, 6) is 0.566. The Morgan fingerprint density at radius 1 is 1.44 bits per heavy atom.